The molecule has 0 amide bonds. The Morgan fingerprint density at radius 1 is 1.75 bits per heavy atom. The Hall–Kier alpha value is -1.90. The fraction of sp³-hybridized carbons (Fsp3) is 0. The summed E-state index contributed by atoms with van der Waals surface area (Å²) in [6.07, 6.45) is 1.20. The van der Waals surface area contributed by atoms with Crippen LogP contribution in [0.4, 0.5) is 5.69 Å². The zero-order valence-electron chi connectivity index (χ0n) is 5.89. The Kier molecular flexibility index (Phi) is 2.06. The summed E-state index contributed by atoms with van der Waals surface area (Å²) in [7, 11) is 5.24. The molecule has 5 nitrogen and oxygen atoms in total. The highest BCUT2D eigenvalue weighted by Crippen LogP contribution is 2.11. The molecule has 0 aromatic carbocycles. The van der Waals surface area contributed by atoms with E-state index in [1.54, 1.807) is 6.07 Å². The van der Waals surface area contributed by atoms with Gasteiger partial charge in [0.25, 0.3) is 0 Å². The number of nitriles is 1. The second-order valence-corrected chi connectivity index (χ2v) is 2.01. The van der Waals surface area contributed by atoms with Gasteiger partial charge in [-0.25, -0.2) is 4.98 Å². The maximum atomic E-state index is 10.3. The highest BCUT2D eigenvalue weighted by Gasteiger charge is 2.13. The van der Waals surface area contributed by atoms with Crippen LogP contribution >= 0.6 is 0 Å². The molecule has 2 radical (unpaired) electrons. The molecule has 0 aliphatic rings. The lowest BCUT2D eigenvalue weighted by atomic mass is 9.98. The number of rotatable bonds is 1. The molecule has 0 fully saturated rings. The van der Waals surface area contributed by atoms with Gasteiger partial charge in [0, 0.05) is 12.3 Å². The Bertz CT molecular complexity index is 372. The Labute approximate surface area is 69.2 Å². The van der Waals surface area contributed by atoms with Gasteiger partial charge in [-0.15, -0.1) is 0 Å². The van der Waals surface area contributed by atoms with Crippen molar-refractivity contribution in [3.8, 4) is 6.07 Å². The van der Waals surface area contributed by atoms with E-state index in [1.807, 2.05) is 0 Å². The first-order chi connectivity index (χ1) is 5.65. The van der Waals surface area contributed by atoms with Crippen LogP contribution in [0, 0.1) is 21.4 Å². The van der Waals surface area contributed by atoms with Crippen LogP contribution in [0.1, 0.15) is 5.69 Å². The van der Waals surface area contributed by atoms with Crippen LogP contribution < -0.4 is 5.46 Å². The second-order valence-electron chi connectivity index (χ2n) is 2.01. The lowest BCUT2D eigenvalue weighted by Crippen LogP contribution is -2.07. The van der Waals surface area contributed by atoms with Crippen LogP contribution in [0.2, 0.25) is 0 Å². The minimum atomic E-state index is -0.693. The van der Waals surface area contributed by atoms with E-state index in [0.29, 0.717) is 0 Å². The highest BCUT2D eigenvalue weighted by molar-refractivity contribution is 6.32. The van der Waals surface area contributed by atoms with Crippen LogP contribution in [-0.4, -0.2) is 17.8 Å². The number of aromatic nitrogens is 1. The first kappa shape index (κ1) is 8.20. The van der Waals surface area contributed by atoms with E-state index in [9.17, 15) is 10.1 Å². The zero-order valence-corrected chi connectivity index (χ0v) is 5.89. The van der Waals surface area contributed by atoms with Crippen molar-refractivity contribution in [1.29, 1.82) is 5.26 Å². The zero-order chi connectivity index (χ0) is 9.14. The summed E-state index contributed by atoms with van der Waals surface area (Å²) < 4.78 is 0. The molecule has 0 aliphatic heterocycles. The maximum absolute atomic E-state index is 10.3. The van der Waals surface area contributed by atoms with Crippen molar-refractivity contribution in [1.82, 2.24) is 4.98 Å². The van der Waals surface area contributed by atoms with Crippen molar-refractivity contribution < 1.29 is 4.92 Å². The van der Waals surface area contributed by atoms with Crippen LogP contribution in [-0.2, 0) is 0 Å². The lowest BCUT2D eigenvalue weighted by Gasteiger charge is -1.94. The van der Waals surface area contributed by atoms with Gasteiger partial charge in [-0.05, 0) is 0 Å². The van der Waals surface area contributed by atoms with Gasteiger partial charge in [-0.3, -0.25) is 10.1 Å². The van der Waals surface area contributed by atoms with Crippen LogP contribution in [0.15, 0.2) is 12.3 Å². The lowest BCUT2D eigenvalue weighted by molar-refractivity contribution is -0.385. The van der Waals surface area contributed by atoms with E-state index in [1.165, 1.54) is 6.20 Å². The summed E-state index contributed by atoms with van der Waals surface area (Å²) in [6.45, 7) is 0. The van der Waals surface area contributed by atoms with E-state index in [-0.39, 0.29) is 16.8 Å². The smallest absolute Gasteiger partial charge is 0.258 e. The van der Waals surface area contributed by atoms with Crippen molar-refractivity contribution in [3.05, 3.63) is 28.1 Å². The number of hydrogen-bond acceptors (Lipinski definition) is 4. The molecule has 0 atom stereocenters. The first-order valence-corrected chi connectivity index (χ1v) is 2.95. The predicted octanol–water partition coefficient (Wildman–Crippen LogP) is -0.345. The SMILES string of the molecule is [B]c1cnc(C#N)c([N+](=O)[O-])c1. The molecule has 0 aliphatic carbocycles. The molecule has 1 aromatic rings. The summed E-state index contributed by atoms with van der Waals surface area (Å²) in [6, 6.07) is 2.70. The molecule has 56 valence electrons. The summed E-state index contributed by atoms with van der Waals surface area (Å²) in [5, 5.41) is 18.7. The van der Waals surface area contributed by atoms with Gasteiger partial charge in [-0.1, -0.05) is 5.46 Å². The van der Waals surface area contributed by atoms with Crippen LogP contribution in [0.3, 0.4) is 0 Å². The molecular weight excluding hydrogens is 157 g/mol. The second kappa shape index (κ2) is 3.01. The molecular formula is C6H2BN3O2. The maximum Gasteiger partial charge on any atom is 0.305 e. The van der Waals surface area contributed by atoms with Crippen molar-refractivity contribution in [2.24, 2.45) is 0 Å². The Morgan fingerprint density at radius 2 is 2.42 bits per heavy atom. The van der Waals surface area contributed by atoms with Gasteiger partial charge >= 0.3 is 5.69 Å². The molecule has 6 heteroatoms. The third-order valence-corrected chi connectivity index (χ3v) is 1.19. The third kappa shape index (κ3) is 1.40. The summed E-state index contributed by atoms with van der Waals surface area (Å²) >= 11 is 0. The molecule has 1 aromatic heterocycles. The monoisotopic (exact) mass is 159 g/mol. The molecule has 1 rings (SSSR count). The van der Waals surface area contributed by atoms with E-state index in [0.717, 1.165) is 6.07 Å². The van der Waals surface area contributed by atoms with Gasteiger partial charge in [-0.2, -0.15) is 5.26 Å². The Morgan fingerprint density at radius 3 is 2.92 bits per heavy atom. The van der Waals surface area contributed by atoms with Crippen molar-refractivity contribution in [2.75, 3.05) is 0 Å². The largest absolute Gasteiger partial charge is 0.305 e. The molecule has 0 spiro atoms. The minimum Gasteiger partial charge on any atom is -0.258 e. The van der Waals surface area contributed by atoms with Crippen molar-refractivity contribution in [2.45, 2.75) is 0 Å². The van der Waals surface area contributed by atoms with Gasteiger partial charge in [0.15, 0.2) is 0 Å². The fourth-order valence-corrected chi connectivity index (χ4v) is 0.694. The minimum absolute atomic E-state index is 0.167. The first-order valence-electron chi connectivity index (χ1n) is 2.95. The van der Waals surface area contributed by atoms with E-state index in [4.69, 9.17) is 13.1 Å². The standard InChI is InChI=1S/C6H2BN3O2/c7-4-1-6(10(11)12)5(2-8)9-3-4/h1,3H. The topological polar surface area (TPSA) is 79.8 Å². The van der Waals surface area contributed by atoms with Crippen LogP contribution in [0.5, 0.6) is 0 Å². The summed E-state index contributed by atoms with van der Waals surface area (Å²) in [5.74, 6) is 0. The summed E-state index contributed by atoms with van der Waals surface area (Å²) in [5.41, 5.74) is -0.424. The quantitative estimate of drug-likeness (QED) is 0.318. The predicted molar refractivity (Wildman–Crippen MR) is 41.0 cm³/mol. The number of nitro groups is 1. The van der Waals surface area contributed by atoms with Crippen molar-refractivity contribution in [3.63, 3.8) is 0 Å². The molecule has 0 N–H and O–H groups in total. The fourth-order valence-electron chi connectivity index (χ4n) is 0.694. The third-order valence-electron chi connectivity index (χ3n) is 1.19. The average molecular weight is 159 g/mol. The summed E-state index contributed by atoms with van der Waals surface area (Å²) in [4.78, 5) is 13.1. The normalized spacial score (nSPS) is 8.92. The van der Waals surface area contributed by atoms with E-state index >= 15 is 0 Å². The van der Waals surface area contributed by atoms with E-state index < -0.39 is 4.92 Å². The van der Waals surface area contributed by atoms with Gasteiger partial charge < -0.3 is 0 Å². The number of hydrogen-bond donors (Lipinski definition) is 0. The van der Waals surface area contributed by atoms with Crippen LogP contribution in [0.25, 0.3) is 0 Å². The van der Waals surface area contributed by atoms with Crippen molar-refractivity contribution >= 4 is 19.0 Å². The van der Waals surface area contributed by atoms with E-state index in [2.05, 4.69) is 4.98 Å². The van der Waals surface area contributed by atoms with Gasteiger partial charge in [0.1, 0.15) is 13.9 Å². The molecule has 0 bridgehead atoms. The number of pyridine rings is 1. The molecule has 0 saturated carbocycles. The molecule has 12 heavy (non-hydrogen) atoms. The Balaban J connectivity index is 3.34. The van der Waals surface area contributed by atoms with Gasteiger partial charge in [0.05, 0.1) is 4.92 Å². The highest BCUT2D eigenvalue weighted by atomic mass is 16.6. The van der Waals surface area contributed by atoms with Gasteiger partial charge in [0.2, 0.25) is 5.69 Å². The molecule has 1 heterocycles. The molecule has 0 saturated heterocycles. The average Bonchev–Trinajstić information content (AvgIpc) is 2.04. The molecule has 0 unspecified atom stereocenters. The number of nitrogens with zero attached hydrogens (tertiary/aromatic N) is 3.